The highest BCUT2D eigenvalue weighted by molar-refractivity contribution is 6.30. The van der Waals surface area contributed by atoms with Crippen LogP contribution in [0.5, 0.6) is 0 Å². The summed E-state index contributed by atoms with van der Waals surface area (Å²) in [6.07, 6.45) is 1.74. The van der Waals surface area contributed by atoms with E-state index >= 15 is 0 Å². The third-order valence-corrected chi connectivity index (χ3v) is 2.07. The maximum Gasteiger partial charge on any atom is 0.0782 e. The minimum absolute atomic E-state index is 0.0388. The molecule has 1 aromatic rings. The van der Waals surface area contributed by atoms with E-state index in [0.717, 1.165) is 5.56 Å². The van der Waals surface area contributed by atoms with Gasteiger partial charge in [-0.1, -0.05) is 23.7 Å². The van der Waals surface area contributed by atoms with Crippen molar-refractivity contribution in [3.05, 3.63) is 34.9 Å². The molecule has 0 aromatic heterocycles. The van der Waals surface area contributed by atoms with Crippen molar-refractivity contribution in [3.8, 4) is 0 Å². The molecule has 0 aliphatic rings. The zero-order valence-electron chi connectivity index (χ0n) is 8.37. The van der Waals surface area contributed by atoms with Gasteiger partial charge in [0.25, 0.3) is 0 Å². The summed E-state index contributed by atoms with van der Waals surface area (Å²) in [5, 5.41) is 9.69. The minimum atomic E-state index is -0.417. The van der Waals surface area contributed by atoms with E-state index in [1.807, 2.05) is 38.1 Å². The molecule has 0 radical (unpaired) electrons. The van der Waals surface area contributed by atoms with Gasteiger partial charge >= 0.3 is 0 Å². The fourth-order valence-electron chi connectivity index (χ4n) is 0.839. The number of nitrogens with zero attached hydrogens (tertiary/aromatic N) is 1. The second-order valence-electron chi connectivity index (χ2n) is 3.78. The number of rotatable bonds is 3. The van der Waals surface area contributed by atoms with Crippen LogP contribution in [-0.4, -0.2) is 23.5 Å². The van der Waals surface area contributed by atoms with Gasteiger partial charge in [0.05, 0.1) is 12.1 Å². The van der Waals surface area contributed by atoms with E-state index in [1.165, 1.54) is 0 Å². The molecule has 14 heavy (non-hydrogen) atoms. The lowest BCUT2D eigenvalue weighted by molar-refractivity contribution is 0.223. The normalized spacial score (nSPS) is 12.3. The first-order chi connectivity index (χ1) is 6.53. The van der Waals surface area contributed by atoms with Gasteiger partial charge in [0, 0.05) is 11.2 Å². The average molecular weight is 212 g/mol. The number of benzene rings is 1. The zero-order valence-corrected chi connectivity index (χ0v) is 9.12. The van der Waals surface area contributed by atoms with Crippen molar-refractivity contribution in [3.63, 3.8) is 0 Å². The third-order valence-electron chi connectivity index (χ3n) is 1.82. The number of aliphatic hydroxyl groups excluding tert-OH is 1. The summed E-state index contributed by atoms with van der Waals surface area (Å²) in [5.41, 5.74) is 0.565. The molecule has 76 valence electrons. The van der Waals surface area contributed by atoms with Crippen LogP contribution >= 0.6 is 11.6 Å². The number of aliphatic imine (C=N–C) groups is 1. The molecule has 0 saturated heterocycles. The molecule has 0 unspecified atom stereocenters. The zero-order chi connectivity index (χ0) is 10.6. The van der Waals surface area contributed by atoms with E-state index in [9.17, 15) is 0 Å². The summed E-state index contributed by atoms with van der Waals surface area (Å²) in [5.74, 6) is 0. The highest BCUT2D eigenvalue weighted by Crippen LogP contribution is 2.10. The summed E-state index contributed by atoms with van der Waals surface area (Å²) >= 11 is 5.74. The lowest BCUT2D eigenvalue weighted by atomic mass is 10.1. The summed E-state index contributed by atoms with van der Waals surface area (Å²) in [6.45, 7) is 3.79. The van der Waals surface area contributed by atoms with E-state index in [0.29, 0.717) is 5.02 Å². The van der Waals surface area contributed by atoms with Gasteiger partial charge in [0.2, 0.25) is 0 Å². The fourth-order valence-corrected chi connectivity index (χ4v) is 0.965. The molecular weight excluding hydrogens is 198 g/mol. The largest absolute Gasteiger partial charge is 0.394 e. The second kappa shape index (κ2) is 4.58. The van der Waals surface area contributed by atoms with Crippen LogP contribution in [0.25, 0.3) is 0 Å². The molecule has 0 saturated carbocycles. The van der Waals surface area contributed by atoms with Crippen LogP contribution in [-0.2, 0) is 0 Å². The van der Waals surface area contributed by atoms with Crippen LogP contribution in [0.1, 0.15) is 19.4 Å². The molecule has 0 atom stereocenters. The highest BCUT2D eigenvalue weighted by Gasteiger charge is 2.12. The van der Waals surface area contributed by atoms with E-state index in [2.05, 4.69) is 4.99 Å². The first-order valence-electron chi connectivity index (χ1n) is 4.45. The summed E-state index contributed by atoms with van der Waals surface area (Å²) in [7, 11) is 0. The monoisotopic (exact) mass is 211 g/mol. The minimum Gasteiger partial charge on any atom is -0.394 e. The molecule has 0 amide bonds. The van der Waals surface area contributed by atoms with Gasteiger partial charge in [-0.15, -0.1) is 0 Å². The Labute approximate surface area is 89.2 Å². The van der Waals surface area contributed by atoms with Gasteiger partial charge in [0.15, 0.2) is 0 Å². The molecule has 1 aromatic carbocycles. The molecular formula is C11H14ClNO. The van der Waals surface area contributed by atoms with E-state index in [-0.39, 0.29) is 6.61 Å². The van der Waals surface area contributed by atoms with Crippen LogP contribution in [0.3, 0.4) is 0 Å². The van der Waals surface area contributed by atoms with Crippen molar-refractivity contribution in [2.75, 3.05) is 6.61 Å². The number of hydrogen-bond donors (Lipinski definition) is 1. The van der Waals surface area contributed by atoms with E-state index < -0.39 is 5.54 Å². The molecule has 1 rings (SSSR count). The summed E-state index contributed by atoms with van der Waals surface area (Å²) < 4.78 is 0. The standard InChI is InChI=1S/C11H14ClNO/c1-11(2,8-14)13-7-9-3-5-10(12)6-4-9/h3-7,14H,8H2,1-2H3. The first kappa shape index (κ1) is 11.2. The summed E-state index contributed by atoms with van der Waals surface area (Å²) in [4.78, 5) is 4.26. The topological polar surface area (TPSA) is 32.6 Å². The predicted molar refractivity (Wildman–Crippen MR) is 60.2 cm³/mol. The highest BCUT2D eigenvalue weighted by atomic mass is 35.5. The van der Waals surface area contributed by atoms with Crippen LogP contribution in [0.15, 0.2) is 29.3 Å². The number of halogens is 1. The molecule has 2 nitrogen and oxygen atoms in total. The molecule has 0 aliphatic heterocycles. The van der Waals surface area contributed by atoms with E-state index in [1.54, 1.807) is 6.21 Å². The van der Waals surface area contributed by atoms with Crippen molar-refractivity contribution < 1.29 is 5.11 Å². The van der Waals surface area contributed by atoms with Crippen LogP contribution in [0, 0.1) is 0 Å². The van der Waals surface area contributed by atoms with Gasteiger partial charge in [0.1, 0.15) is 0 Å². The van der Waals surface area contributed by atoms with Crippen molar-refractivity contribution in [2.45, 2.75) is 19.4 Å². The quantitative estimate of drug-likeness (QED) is 0.766. The van der Waals surface area contributed by atoms with Crippen LogP contribution in [0.2, 0.25) is 5.02 Å². The van der Waals surface area contributed by atoms with Crippen molar-refractivity contribution in [1.29, 1.82) is 0 Å². The molecule has 1 N–H and O–H groups in total. The lowest BCUT2D eigenvalue weighted by Crippen LogP contribution is -2.21. The van der Waals surface area contributed by atoms with Crippen molar-refractivity contribution in [1.82, 2.24) is 0 Å². The van der Waals surface area contributed by atoms with Gasteiger partial charge in [-0.2, -0.15) is 0 Å². The molecule has 0 fully saturated rings. The lowest BCUT2D eigenvalue weighted by Gasteiger charge is -2.14. The molecule has 0 aliphatic carbocycles. The Morgan fingerprint density at radius 2 is 1.93 bits per heavy atom. The number of hydrogen-bond acceptors (Lipinski definition) is 2. The number of aliphatic hydroxyl groups is 1. The maximum atomic E-state index is 8.98. The predicted octanol–water partition coefficient (Wildman–Crippen LogP) is 2.53. The molecule has 0 spiro atoms. The summed E-state index contributed by atoms with van der Waals surface area (Å²) in [6, 6.07) is 7.41. The molecule has 3 heteroatoms. The smallest absolute Gasteiger partial charge is 0.0782 e. The van der Waals surface area contributed by atoms with Crippen molar-refractivity contribution >= 4 is 17.8 Å². The second-order valence-corrected chi connectivity index (χ2v) is 4.22. The van der Waals surface area contributed by atoms with Crippen molar-refractivity contribution in [2.24, 2.45) is 4.99 Å². The van der Waals surface area contributed by atoms with Gasteiger partial charge in [-0.05, 0) is 31.5 Å². The van der Waals surface area contributed by atoms with Gasteiger partial charge in [-0.3, -0.25) is 4.99 Å². The Kier molecular flexibility index (Phi) is 3.67. The van der Waals surface area contributed by atoms with E-state index in [4.69, 9.17) is 16.7 Å². The Hall–Kier alpha value is -0.860. The van der Waals surface area contributed by atoms with Gasteiger partial charge < -0.3 is 5.11 Å². The fraction of sp³-hybridized carbons (Fsp3) is 0.364. The van der Waals surface area contributed by atoms with Crippen LogP contribution < -0.4 is 0 Å². The first-order valence-corrected chi connectivity index (χ1v) is 4.83. The average Bonchev–Trinajstić information content (AvgIpc) is 2.17. The van der Waals surface area contributed by atoms with Gasteiger partial charge in [-0.25, -0.2) is 0 Å². The Morgan fingerprint density at radius 3 is 2.43 bits per heavy atom. The SMILES string of the molecule is CC(C)(CO)N=Cc1ccc(Cl)cc1. The Bertz CT molecular complexity index is 317. The third kappa shape index (κ3) is 3.48. The molecule has 0 heterocycles. The Balaban J connectivity index is 2.74. The molecule has 0 bridgehead atoms. The van der Waals surface area contributed by atoms with Crippen LogP contribution in [0.4, 0.5) is 0 Å². The Morgan fingerprint density at radius 1 is 1.36 bits per heavy atom. The maximum absolute atomic E-state index is 8.98.